The Bertz CT molecular complexity index is 674. The van der Waals surface area contributed by atoms with Crippen molar-refractivity contribution in [3.63, 3.8) is 0 Å². The van der Waals surface area contributed by atoms with Gasteiger partial charge >= 0.3 is 0 Å². The van der Waals surface area contributed by atoms with Crippen LogP contribution < -0.4 is 10.5 Å². The van der Waals surface area contributed by atoms with E-state index in [-0.39, 0.29) is 11.6 Å². The van der Waals surface area contributed by atoms with Crippen LogP contribution in [-0.4, -0.2) is 33.1 Å². The van der Waals surface area contributed by atoms with Gasteiger partial charge in [0.1, 0.15) is 5.69 Å². The van der Waals surface area contributed by atoms with E-state index in [1.54, 1.807) is 0 Å². The van der Waals surface area contributed by atoms with Crippen LogP contribution in [0.25, 0.3) is 0 Å². The molecule has 0 unspecified atom stereocenters. The van der Waals surface area contributed by atoms with E-state index in [9.17, 15) is 22.9 Å². The summed E-state index contributed by atoms with van der Waals surface area (Å²) >= 11 is 0. The van der Waals surface area contributed by atoms with Crippen LogP contribution >= 0.6 is 0 Å². The van der Waals surface area contributed by atoms with Gasteiger partial charge in [-0.1, -0.05) is 0 Å². The smallest absolute Gasteiger partial charge is 0.296 e. The van der Waals surface area contributed by atoms with Crippen LogP contribution in [0.3, 0.4) is 0 Å². The molecule has 0 spiro atoms. The number of ether oxygens (including phenoxy) is 1. The predicted molar refractivity (Wildman–Crippen MR) is 76.5 cm³/mol. The molecular formula is C12H16FN3O5S. The van der Waals surface area contributed by atoms with Crippen molar-refractivity contribution in [1.29, 1.82) is 0 Å². The van der Waals surface area contributed by atoms with Crippen molar-refractivity contribution in [3.05, 3.63) is 28.1 Å². The lowest BCUT2D eigenvalue weighted by molar-refractivity contribution is -0.384. The average Bonchev–Trinajstić information content (AvgIpc) is 2.45. The molecule has 0 aliphatic carbocycles. The molecule has 1 aromatic carbocycles. The zero-order valence-corrected chi connectivity index (χ0v) is 12.4. The van der Waals surface area contributed by atoms with Crippen molar-refractivity contribution < 1.29 is 22.5 Å². The Labute approximate surface area is 126 Å². The molecule has 8 nitrogen and oxygen atoms in total. The molecule has 10 heteroatoms. The zero-order chi connectivity index (χ0) is 16.3. The van der Waals surface area contributed by atoms with Gasteiger partial charge in [-0.15, -0.1) is 0 Å². The lowest BCUT2D eigenvalue weighted by Gasteiger charge is -2.22. The fourth-order valence-electron chi connectivity index (χ4n) is 2.25. The quantitative estimate of drug-likeness (QED) is 0.616. The van der Waals surface area contributed by atoms with Crippen LogP contribution in [0.2, 0.25) is 0 Å². The van der Waals surface area contributed by atoms with Crippen LogP contribution in [0.15, 0.2) is 17.0 Å². The van der Waals surface area contributed by atoms with E-state index >= 15 is 0 Å². The SMILES string of the molecule is NS(=O)(=O)c1cc(F)c(NCC2CCOCC2)c([N+](=O)[O-])c1. The number of anilines is 1. The summed E-state index contributed by atoms with van der Waals surface area (Å²) < 4.78 is 41.7. The summed E-state index contributed by atoms with van der Waals surface area (Å²) in [4.78, 5) is 9.57. The fraction of sp³-hybridized carbons (Fsp3) is 0.500. The van der Waals surface area contributed by atoms with Crippen LogP contribution in [0, 0.1) is 21.8 Å². The molecule has 2 rings (SSSR count). The molecule has 22 heavy (non-hydrogen) atoms. The maximum Gasteiger partial charge on any atom is 0.296 e. The molecule has 122 valence electrons. The van der Waals surface area contributed by atoms with E-state index in [1.165, 1.54) is 0 Å². The summed E-state index contributed by atoms with van der Waals surface area (Å²) in [5, 5.41) is 18.6. The average molecular weight is 333 g/mol. The van der Waals surface area contributed by atoms with Gasteiger partial charge in [0.25, 0.3) is 5.69 Å². The molecule has 0 bridgehead atoms. The number of nitro groups is 1. The minimum Gasteiger partial charge on any atom is -0.381 e. The largest absolute Gasteiger partial charge is 0.381 e. The van der Waals surface area contributed by atoms with Gasteiger partial charge in [-0.05, 0) is 24.8 Å². The molecule has 1 saturated heterocycles. The van der Waals surface area contributed by atoms with Crippen LogP contribution in [0.4, 0.5) is 15.8 Å². The lowest BCUT2D eigenvalue weighted by atomic mass is 10.0. The molecule has 1 aliphatic rings. The number of nitrogens with one attached hydrogen (secondary N) is 1. The lowest BCUT2D eigenvalue weighted by Crippen LogP contribution is -2.23. The number of nitro benzene ring substituents is 1. The maximum atomic E-state index is 14.0. The maximum absolute atomic E-state index is 14.0. The van der Waals surface area contributed by atoms with Crippen LogP contribution in [-0.2, 0) is 14.8 Å². The van der Waals surface area contributed by atoms with Gasteiger partial charge in [0, 0.05) is 25.8 Å². The molecule has 1 aromatic rings. The van der Waals surface area contributed by atoms with Crippen LogP contribution in [0.5, 0.6) is 0 Å². The number of sulfonamides is 1. The Balaban J connectivity index is 2.27. The molecule has 1 heterocycles. The number of halogens is 1. The Hall–Kier alpha value is -1.78. The highest BCUT2D eigenvalue weighted by Crippen LogP contribution is 2.31. The van der Waals surface area contributed by atoms with Gasteiger partial charge in [-0.2, -0.15) is 0 Å². The van der Waals surface area contributed by atoms with Crippen molar-refractivity contribution in [2.75, 3.05) is 25.1 Å². The van der Waals surface area contributed by atoms with Crippen molar-refractivity contribution >= 4 is 21.4 Å². The minimum atomic E-state index is -4.22. The number of nitrogens with zero attached hydrogens (tertiary/aromatic N) is 1. The molecule has 0 aromatic heterocycles. The molecule has 3 N–H and O–H groups in total. The van der Waals surface area contributed by atoms with Crippen molar-refractivity contribution in [2.24, 2.45) is 11.1 Å². The first-order chi connectivity index (χ1) is 10.3. The molecule has 1 aliphatic heterocycles. The third kappa shape index (κ3) is 3.90. The van der Waals surface area contributed by atoms with E-state index in [1.807, 2.05) is 0 Å². The predicted octanol–water partition coefficient (Wildman–Crippen LogP) is 1.22. The van der Waals surface area contributed by atoms with Gasteiger partial charge < -0.3 is 10.1 Å². The van der Waals surface area contributed by atoms with E-state index in [0.717, 1.165) is 18.9 Å². The molecule has 0 saturated carbocycles. The Morgan fingerprint density at radius 3 is 2.59 bits per heavy atom. The van der Waals surface area contributed by atoms with Gasteiger partial charge in [-0.3, -0.25) is 10.1 Å². The summed E-state index contributed by atoms with van der Waals surface area (Å²) in [7, 11) is -4.22. The number of benzene rings is 1. The highest BCUT2D eigenvalue weighted by molar-refractivity contribution is 7.89. The summed E-state index contributed by atoms with van der Waals surface area (Å²) in [6, 6.07) is 1.43. The molecule has 0 amide bonds. The van der Waals surface area contributed by atoms with Gasteiger partial charge in [-0.25, -0.2) is 17.9 Å². The number of hydrogen-bond acceptors (Lipinski definition) is 6. The fourth-order valence-corrected chi connectivity index (χ4v) is 2.79. The second kappa shape index (κ2) is 6.55. The number of rotatable bonds is 5. The summed E-state index contributed by atoms with van der Waals surface area (Å²) in [5.41, 5.74) is -0.986. The third-order valence-corrected chi connectivity index (χ3v) is 4.37. The van der Waals surface area contributed by atoms with E-state index in [4.69, 9.17) is 9.88 Å². The third-order valence-electron chi connectivity index (χ3n) is 3.48. The molecule has 0 atom stereocenters. The topological polar surface area (TPSA) is 125 Å². The highest BCUT2D eigenvalue weighted by Gasteiger charge is 2.24. The monoisotopic (exact) mass is 333 g/mol. The minimum absolute atomic E-state index is 0.214. The first-order valence-electron chi connectivity index (χ1n) is 6.61. The molecular weight excluding hydrogens is 317 g/mol. The van der Waals surface area contributed by atoms with Gasteiger partial charge in [0.2, 0.25) is 10.0 Å². The van der Waals surface area contributed by atoms with Crippen molar-refractivity contribution in [3.8, 4) is 0 Å². The summed E-state index contributed by atoms with van der Waals surface area (Å²) in [6.45, 7) is 1.54. The van der Waals surface area contributed by atoms with Crippen molar-refractivity contribution in [2.45, 2.75) is 17.7 Å². The Morgan fingerprint density at radius 2 is 2.05 bits per heavy atom. The first kappa shape index (κ1) is 16.6. The second-order valence-electron chi connectivity index (χ2n) is 5.04. The van der Waals surface area contributed by atoms with E-state index < -0.39 is 31.3 Å². The van der Waals surface area contributed by atoms with Crippen molar-refractivity contribution in [1.82, 2.24) is 0 Å². The van der Waals surface area contributed by atoms with E-state index in [0.29, 0.717) is 25.8 Å². The number of nitrogens with two attached hydrogens (primary N) is 1. The summed E-state index contributed by atoms with van der Waals surface area (Å²) in [6.07, 6.45) is 1.55. The molecule has 0 radical (unpaired) electrons. The first-order valence-corrected chi connectivity index (χ1v) is 8.16. The second-order valence-corrected chi connectivity index (χ2v) is 6.60. The zero-order valence-electron chi connectivity index (χ0n) is 11.6. The normalized spacial score (nSPS) is 16.5. The number of hydrogen-bond donors (Lipinski definition) is 2. The Morgan fingerprint density at radius 1 is 1.41 bits per heavy atom. The van der Waals surface area contributed by atoms with Crippen LogP contribution in [0.1, 0.15) is 12.8 Å². The highest BCUT2D eigenvalue weighted by atomic mass is 32.2. The number of primary sulfonamides is 1. The van der Waals surface area contributed by atoms with Gasteiger partial charge in [0.05, 0.1) is 9.82 Å². The Kier molecular flexibility index (Phi) is 4.94. The van der Waals surface area contributed by atoms with E-state index in [2.05, 4.69) is 5.32 Å². The standard InChI is InChI=1S/C12H16FN3O5S/c13-10-5-9(22(14,19)20)6-11(16(17)18)12(10)15-7-8-1-3-21-4-2-8/h5-6,8,15H,1-4,7H2,(H2,14,19,20). The van der Waals surface area contributed by atoms with Gasteiger partial charge in [0.15, 0.2) is 5.82 Å². The summed E-state index contributed by atoms with van der Waals surface area (Å²) in [5.74, 6) is -0.809. The molecule has 1 fully saturated rings.